The van der Waals surface area contributed by atoms with Gasteiger partial charge in [-0.1, -0.05) is 0 Å². The molecule has 2 unspecified atom stereocenters. The monoisotopic (exact) mass is 289 g/mol. The molecule has 6 heteroatoms. The molecule has 1 aromatic rings. The zero-order chi connectivity index (χ0) is 14.4. The van der Waals surface area contributed by atoms with Gasteiger partial charge in [-0.3, -0.25) is 14.8 Å². The van der Waals surface area contributed by atoms with Gasteiger partial charge in [-0.15, -0.1) is 0 Å². The van der Waals surface area contributed by atoms with Crippen molar-refractivity contribution >= 4 is 6.09 Å². The fraction of sp³-hybridized carbons (Fsp3) is 0.600. The first-order valence-electron chi connectivity index (χ1n) is 7.45. The minimum atomic E-state index is -0.370. The van der Waals surface area contributed by atoms with Crippen LogP contribution in [0, 0.1) is 0 Å². The summed E-state index contributed by atoms with van der Waals surface area (Å²) in [6, 6.07) is 3.71. The van der Waals surface area contributed by atoms with Crippen molar-refractivity contribution in [2.24, 2.45) is 0 Å². The third-order valence-corrected chi connectivity index (χ3v) is 4.80. The number of nitrogens with zero attached hydrogens (tertiary/aromatic N) is 3. The van der Waals surface area contributed by atoms with Gasteiger partial charge in [0.05, 0.1) is 6.61 Å². The van der Waals surface area contributed by atoms with Crippen molar-refractivity contribution in [2.45, 2.75) is 30.7 Å². The van der Waals surface area contributed by atoms with Crippen LogP contribution in [-0.4, -0.2) is 59.4 Å². The van der Waals surface area contributed by atoms with Gasteiger partial charge in [0, 0.05) is 32.5 Å². The van der Waals surface area contributed by atoms with Gasteiger partial charge in [0.2, 0.25) is 0 Å². The summed E-state index contributed by atoms with van der Waals surface area (Å²) in [5.41, 5.74) is 0.604. The standard InChI is InChI=1S/C15H19N3O3/c1-17-13(15(10-20-15)18-8-2-3-9-18)12(21-14(17)19)11-4-6-16-7-5-11/h4-7,12-13H,2-3,8-10H2,1H3/t12-,13?,15?/m0/s1. The summed E-state index contributed by atoms with van der Waals surface area (Å²) in [4.78, 5) is 20.2. The number of hydrogen-bond donors (Lipinski definition) is 0. The summed E-state index contributed by atoms with van der Waals surface area (Å²) in [5, 5.41) is 0. The van der Waals surface area contributed by atoms with Crippen LogP contribution in [0.15, 0.2) is 24.5 Å². The van der Waals surface area contributed by atoms with Crippen LogP contribution in [0.1, 0.15) is 24.5 Å². The lowest BCUT2D eigenvalue weighted by Gasteiger charge is -2.34. The molecule has 3 atom stereocenters. The Kier molecular flexibility index (Phi) is 2.90. The molecular weight excluding hydrogens is 270 g/mol. The first kappa shape index (κ1) is 13.0. The summed E-state index contributed by atoms with van der Waals surface area (Å²) in [6.45, 7) is 2.73. The fourth-order valence-electron chi connectivity index (χ4n) is 3.63. The average molecular weight is 289 g/mol. The Hall–Kier alpha value is -1.66. The van der Waals surface area contributed by atoms with E-state index in [9.17, 15) is 4.79 Å². The molecule has 1 aromatic heterocycles. The molecule has 0 aliphatic carbocycles. The van der Waals surface area contributed by atoms with Gasteiger partial charge in [-0.2, -0.15) is 0 Å². The van der Waals surface area contributed by atoms with Crippen molar-refractivity contribution in [1.82, 2.24) is 14.8 Å². The molecule has 3 aliphatic rings. The number of aromatic nitrogens is 1. The van der Waals surface area contributed by atoms with Crippen LogP contribution in [0.3, 0.4) is 0 Å². The molecule has 0 saturated carbocycles. The lowest BCUT2D eigenvalue weighted by molar-refractivity contribution is 0.0154. The van der Waals surface area contributed by atoms with E-state index in [1.807, 2.05) is 12.1 Å². The maximum atomic E-state index is 12.1. The van der Waals surface area contributed by atoms with E-state index in [-0.39, 0.29) is 24.0 Å². The van der Waals surface area contributed by atoms with E-state index in [0.29, 0.717) is 6.61 Å². The van der Waals surface area contributed by atoms with Gasteiger partial charge in [0.1, 0.15) is 6.04 Å². The van der Waals surface area contributed by atoms with E-state index in [4.69, 9.17) is 9.47 Å². The molecule has 0 spiro atoms. The van der Waals surface area contributed by atoms with Gasteiger partial charge in [-0.05, 0) is 30.5 Å². The number of carbonyl (C=O) groups excluding carboxylic acids is 1. The molecule has 3 aliphatic heterocycles. The van der Waals surface area contributed by atoms with Crippen molar-refractivity contribution < 1.29 is 14.3 Å². The van der Waals surface area contributed by atoms with Gasteiger partial charge in [0.25, 0.3) is 0 Å². The molecule has 0 N–H and O–H groups in total. The van der Waals surface area contributed by atoms with E-state index >= 15 is 0 Å². The highest BCUT2D eigenvalue weighted by molar-refractivity contribution is 5.71. The summed E-state index contributed by atoms with van der Waals surface area (Å²) < 4.78 is 11.5. The normalized spacial score (nSPS) is 36.0. The van der Waals surface area contributed by atoms with Crippen molar-refractivity contribution in [3.8, 4) is 0 Å². The number of likely N-dealkylation sites (tertiary alicyclic amines) is 1. The quantitative estimate of drug-likeness (QED) is 0.787. The number of carbonyl (C=O) groups is 1. The Bertz CT molecular complexity index is 540. The molecule has 6 nitrogen and oxygen atoms in total. The Morgan fingerprint density at radius 1 is 1.29 bits per heavy atom. The topological polar surface area (TPSA) is 58.2 Å². The summed E-state index contributed by atoms with van der Waals surface area (Å²) >= 11 is 0. The SMILES string of the molecule is CN1C(=O)O[C@@H](c2ccncc2)C1C1(N2CCCC2)CO1. The van der Waals surface area contributed by atoms with E-state index in [1.54, 1.807) is 24.3 Å². The molecule has 0 radical (unpaired) electrons. The first-order valence-corrected chi connectivity index (χ1v) is 7.45. The Balaban J connectivity index is 1.69. The zero-order valence-corrected chi connectivity index (χ0v) is 12.1. The first-order chi connectivity index (χ1) is 10.2. The minimum Gasteiger partial charge on any atom is -0.439 e. The number of pyridine rings is 1. The van der Waals surface area contributed by atoms with Crippen LogP contribution >= 0.6 is 0 Å². The van der Waals surface area contributed by atoms with Crippen molar-refractivity contribution in [3.63, 3.8) is 0 Å². The molecule has 1 amide bonds. The number of hydrogen-bond acceptors (Lipinski definition) is 5. The van der Waals surface area contributed by atoms with Crippen LogP contribution in [0.5, 0.6) is 0 Å². The van der Waals surface area contributed by atoms with E-state index in [1.165, 1.54) is 12.8 Å². The van der Waals surface area contributed by atoms with Crippen LogP contribution in [0.25, 0.3) is 0 Å². The van der Waals surface area contributed by atoms with Gasteiger partial charge < -0.3 is 9.47 Å². The second kappa shape index (κ2) is 4.68. The number of cyclic esters (lactones) is 1. The lowest BCUT2D eigenvalue weighted by atomic mass is 9.96. The second-order valence-corrected chi connectivity index (χ2v) is 5.97. The number of rotatable bonds is 3. The number of amides is 1. The molecule has 4 rings (SSSR count). The van der Waals surface area contributed by atoms with Gasteiger partial charge >= 0.3 is 6.09 Å². The summed E-state index contributed by atoms with van der Waals surface area (Å²) in [7, 11) is 1.80. The molecule has 21 heavy (non-hydrogen) atoms. The smallest absolute Gasteiger partial charge is 0.410 e. The molecular formula is C15H19N3O3. The maximum absolute atomic E-state index is 12.1. The molecule has 112 valence electrons. The minimum absolute atomic E-state index is 0.106. The highest BCUT2D eigenvalue weighted by atomic mass is 16.6. The van der Waals surface area contributed by atoms with E-state index < -0.39 is 0 Å². The Morgan fingerprint density at radius 2 is 1.95 bits per heavy atom. The zero-order valence-electron chi connectivity index (χ0n) is 12.1. The van der Waals surface area contributed by atoms with E-state index in [2.05, 4.69) is 9.88 Å². The predicted octanol–water partition coefficient (Wildman–Crippen LogP) is 1.40. The average Bonchev–Trinajstić information content (AvgIpc) is 2.98. The highest BCUT2D eigenvalue weighted by Gasteiger charge is 2.64. The van der Waals surface area contributed by atoms with E-state index in [0.717, 1.165) is 18.7 Å². The summed E-state index contributed by atoms with van der Waals surface area (Å²) in [5.74, 6) is 0. The van der Waals surface area contributed by atoms with Crippen LogP contribution < -0.4 is 0 Å². The third-order valence-electron chi connectivity index (χ3n) is 4.80. The summed E-state index contributed by atoms with van der Waals surface area (Å²) in [6.07, 6.45) is 5.26. The van der Waals surface area contributed by atoms with Crippen LogP contribution in [-0.2, 0) is 9.47 Å². The molecule has 4 heterocycles. The molecule has 3 saturated heterocycles. The Labute approximate surface area is 123 Å². The molecule has 0 aromatic carbocycles. The highest BCUT2D eigenvalue weighted by Crippen LogP contribution is 2.48. The van der Waals surface area contributed by atoms with Crippen LogP contribution in [0.2, 0.25) is 0 Å². The fourth-order valence-corrected chi connectivity index (χ4v) is 3.63. The second-order valence-electron chi connectivity index (χ2n) is 5.97. The Morgan fingerprint density at radius 3 is 2.57 bits per heavy atom. The lowest BCUT2D eigenvalue weighted by Crippen LogP contribution is -2.53. The van der Waals surface area contributed by atoms with Crippen molar-refractivity contribution in [1.29, 1.82) is 0 Å². The van der Waals surface area contributed by atoms with Gasteiger partial charge in [0.15, 0.2) is 11.8 Å². The third kappa shape index (κ3) is 1.93. The number of ether oxygens (including phenoxy) is 2. The molecule has 0 bridgehead atoms. The number of epoxide rings is 1. The van der Waals surface area contributed by atoms with Crippen LogP contribution in [0.4, 0.5) is 4.79 Å². The molecule has 3 fully saturated rings. The van der Waals surface area contributed by atoms with Crippen molar-refractivity contribution in [3.05, 3.63) is 30.1 Å². The van der Waals surface area contributed by atoms with Gasteiger partial charge in [-0.25, -0.2) is 4.79 Å². The number of likely N-dealkylation sites (N-methyl/N-ethyl adjacent to an activating group) is 1. The maximum Gasteiger partial charge on any atom is 0.410 e. The van der Waals surface area contributed by atoms with Crippen molar-refractivity contribution in [2.75, 3.05) is 26.7 Å². The largest absolute Gasteiger partial charge is 0.439 e. The predicted molar refractivity (Wildman–Crippen MR) is 74.5 cm³/mol.